The first-order valence-electron chi connectivity index (χ1n) is 5.61. The van der Waals surface area contributed by atoms with Gasteiger partial charge in [0, 0.05) is 6.07 Å². The van der Waals surface area contributed by atoms with Gasteiger partial charge in [-0.25, -0.2) is 4.39 Å². The number of hydrogen-bond donors (Lipinski definition) is 1. The molecule has 0 aliphatic heterocycles. The van der Waals surface area contributed by atoms with E-state index in [-0.39, 0.29) is 5.82 Å². The van der Waals surface area contributed by atoms with Crippen LogP contribution in [0, 0.1) is 5.82 Å². The smallest absolute Gasteiger partial charge is 0.141 e. The first kappa shape index (κ1) is 13.1. The molecular formula is C14H13BrFNO. The molecule has 0 aromatic heterocycles. The van der Waals surface area contributed by atoms with Crippen molar-refractivity contribution in [1.29, 1.82) is 0 Å². The summed E-state index contributed by atoms with van der Waals surface area (Å²) in [6.07, 6.45) is 0.731. The minimum atomic E-state index is -0.344. The highest BCUT2D eigenvalue weighted by Gasteiger charge is 2.06. The summed E-state index contributed by atoms with van der Waals surface area (Å²) < 4.78 is 19.5. The quantitative estimate of drug-likeness (QED) is 0.930. The van der Waals surface area contributed by atoms with Crippen LogP contribution in [0.2, 0.25) is 0 Å². The standard InChI is InChI=1S/C14H13BrFNO/c15-12-6-5-11(9-13(12)16)18-14-4-2-1-3-10(14)7-8-17/h1-6,9H,7-8,17H2. The molecule has 0 bridgehead atoms. The SMILES string of the molecule is NCCc1ccccc1Oc1ccc(Br)c(F)c1. The second kappa shape index (κ2) is 5.98. The second-order valence-corrected chi connectivity index (χ2v) is 4.68. The molecule has 0 spiro atoms. The van der Waals surface area contributed by atoms with Gasteiger partial charge in [0.25, 0.3) is 0 Å². The Morgan fingerprint density at radius 3 is 2.67 bits per heavy atom. The molecule has 94 valence electrons. The Bertz CT molecular complexity index is 545. The van der Waals surface area contributed by atoms with E-state index in [1.165, 1.54) is 6.07 Å². The van der Waals surface area contributed by atoms with Gasteiger partial charge in [0.15, 0.2) is 0 Å². The topological polar surface area (TPSA) is 35.2 Å². The van der Waals surface area contributed by atoms with Crippen molar-refractivity contribution in [1.82, 2.24) is 0 Å². The van der Waals surface area contributed by atoms with Crippen molar-refractivity contribution in [2.45, 2.75) is 6.42 Å². The number of halogens is 2. The van der Waals surface area contributed by atoms with Gasteiger partial charge < -0.3 is 10.5 Å². The third kappa shape index (κ3) is 3.09. The third-order valence-electron chi connectivity index (χ3n) is 2.51. The number of rotatable bonds is 4. The summed E-state index contributed by atoms with van der Waals surface area (Å²) in [5, 5.41) is 0. The fourth-order valence-electron chi connectivity index (χ4n) is 1.63. The Labute approximate surface area is 114 Å². The fraction of sp³-hybridized carbons (Fsp3) is 0.143. The first-order valence-corrected chi connectivity index (χ1v) is 6.41. The van der Waals surface area contributed by atoms with Crippen molar-refractivity contribution in [2.24, 2.45) is 5.73 Å². The highest BCUT2D eigenvalue weighted by Crippen LogP contribution is 2.28. The average molecular weight is 310 g/mol. The lowest BCUT2D eigenvalue weighted by Crippen LogP contribution is -2.03. The number of nitrogens with two attached hydrogens (primary N) is 1. The Balaban J connectivity index is 2.25. The van der Waals surface area contributed by atoms with Crippen LogP contribution < -0.4 is 10.5 Å². The van der Waals surface area contributed by atoms with E-state index in [1.54, 1.807) is 12.1 Å². The molecule has 4 heteroatoms. The second-order valence-electron chi connectivity index (χ2n) is 3.82. The monoisotopic (exact) mass is 309 g/mol. The molecule has 0 atom stereocenters. The van der Waals surface area contributed by atoms with Crippen molar-refractivity contribution in [2.75, 3.05) is 6.54 Å². The fourth-order valence-corrected chi connectivity index (χ4v) is 1.88. The van der Waals surface area contributed by atoms with E-state index >= 15 is 0 Å². The van der Waals surface area contributed by atoms with Crippen LogP contribution >= 0.6 is 15.9 Å². The van der Waals surface area contributed by atoms with Gasteiger partial charge in [-0.15, -0.1) is 0 Å². The molecule has 18 heavy (non-hydrogen) atoms. The predicted octanol–water partition coefficient (Wildman–Crippen LogP) is 3.88. The lowest BCUT2D eigenvalue weighted by Gasteiger charge is -2.10. The molecule has 0 aliphatic rings. The molecule has 0 heterocycles. The van der Waals surface area contributed by atoms with E-state index in [0.29, 0.717) is 22.5 Å². The van der Waals surface area contributed by atoms with Gasteiger partial charge in [-0.1, -0.05) is 18.2 Å². The van der Waals surface area contributed by atoms with Gasteiger partial charge in [0.05, 0.1) is 4.47 Å². The zero-order chi connectivity index (χ0) is 13.0. The van der Waals surface area contributed by atoms with E-state index in [1.807, 2.05) is 24.3 Å². The number of benzene rings is 2. The molecule has 0 aliphatic carbocycles. The van der Waals surface area contributed by atoms with E-state index in [9.17, 15) is 4.39 Å². The van der Waals surface area contributed by atoms with Crippen LogP contribution in [-0.2, 0) is 6.42 Å². The van der Waals surface area contributed by atoms with Gasteiger partial charge in [-0.2, -0.15) is 0 Å². The molecule has 2 N–H and O–H groups in total. The third-order valence-corrected chi connectivity index (χ3v) is 3.15. The van der Waals surface area contributed by atoms with Crippen LogP contribution in [0.15, 0.2) is 46.9 Å². The van der Waals surface area contributed by atoms with Gasteiger partial charge in [-0.3, -0.25) is 0 Å². The molecule has 0 unspecified atom stereocenters. The van der Waals surface area contributed by atoms with Crippen LogP contribution in [0.25, 0.3) is 0 Å². The lowest BCUT2D eigenvalue weighted by molar-refractivity contribution is 0.470. The molecule has 2 nitrogen and oxygen atoms in total. The summed E-state index contributed by atoms with van der Waals surface area (Å²) >= 11 is 3.11. The van der Waals surface area contributed by atoms with Crippen molar-refractivity contribution in [3.05, 3.63) is 58.3 Å². The summed E-state index contributed by atoms with van der Waals surface area (Å²) in [5.41, 5.74) is 6.56. The number of ether oxygens (including phenoxy) is 1. The normalized spacial score (nSPS) is 10.4. The first-order chi connectivity index (χ1) is 8.70. The molecule has 2 aromatic rings. The minimum Gasteiger partial charge on any atom is -0.457 e. The lowest BCUT2D eigenvalue weighted by atomic mass is 10.1. The zero-order valence-corrected chi connectivity index (χ0v) is 11.3. The van der Waals surface area contributed by atoms with Gasteiger partial charge in [0.1, 0.15) is 17.3 Å². The van der Waals surface area contributed by atoms with Crippen molar-refractivity contribution >= 4 is 15.9 Å². The van der Waals surface area contributed by atoms with Crippen LogP contribution in [0.5, 0.6) is 11.5 Å². The Morgan fingerprint density at radius 1 is 1.17 bits per heavy atom. The summed E-state index contributed by atoms with van der Waals surface area (Å²) in [7, 11) is 0. The molecule has 0 fully saturated rings. The maximum absolute atomic E-state index is 13.4. The van der Waals surface area contributed by atoms with Crippen LogP contribution in [0.3, 0.4) is 0 Å². The zero-order valence-electron chi connectivity index (χ0n) is 9.70. The molecule has 0 saturated heterocycles. The average Bonchev–Trinajstić information content (AvgIpc) is 2.37. The summed E-state index contributed by atoms with van der Waals surface area (Å²) in [5.74, 6) is 0.841. The Morgan fingerprint density at radius 2 is 1.94 bits per heavy atom. The summed E-state index contributed by atoms with van der Waals surface area (Å²) in [6.45, 7) is 0.551. The van der Waals surface area contributed by atoms with E-state index in [4.69, 9.17) is 10.5 Å². The van der Waals surface area contributed by atoms with Crippen LogP contribution in [0.4, 0.5) is 4.39 Å². The minimum absolute atomic E-state index is 0.344. The molecular weight excluding hydrogens is 297 g/mol. The van der Waals surface area contributed by atoms with E-state index in [2.05, 4.69) is 15.9 Å². The maximum Gasteiger partial charge on any atom is 0.141 e. The summed E-state index contributed by atoms with van der Waals surface area (Å²) in [4.78, 5) is 0. The highest BCUT2D eigenvalue weighted by atomic mass is 79.9. The van der Waals surface area contributed by atoms with Gasteiger partial charge >= 0.3 is 0 Å². The summed E-state index contributed by atoms with van der Waals surface area (Å²) in [6, 6.07) is 12.3. The molecule has 2 rings (SSSR count). The van der Waals surface area contributed by atoms with Crippen LogP contribution in [-0.4, -0.2) is 6.54 Å². The van der Waals surface area contributed by atoms with Crippen LogP contribution in [0.1, 0.15) is 5.56 Å². The number of para-hydroxylation sites is 1. The van der Waals surface area contributed by atoms with Gasteiger partial charge in [0.2, 0.25) is 0 Å². The van der Waals surface area contributed by atoms with Crippen molar-refractivity contribution in [3.8, 4) is 11.5 Å². The molecule has 0 radical (unpaired) electrons. The Kier molecular flexibility index (Phi) is 4.33. The predicted molar refractivity (Wildman–Crippen MR) is 73.4 cm³/mol. The largest absolute Gasteiger partial charge is 0.457 e. The molecule has 2 aromatic carbocycles. The highest BCUT2D eigenvalue weighted by molar-refractivity contribution is 9.10. The maximum atomic E-state index is 13.4. The van der Waals surface area contributed by atoms with Crippen molar-refractivity contribution in [3.63, 3.8) is 0 Å². The molecule has 0 amide bonds. The molecule has 0 saturated carbocycles. The number of hydrogen-bond acceptors (Lipinski definition) is 2. The van der Waals surface area contributed by atoms with Crippen molar-refractivity contribution < 1.29 is 9.13 Å². The van der Waals surface area contributed by atoms with Gasteiger partial charge in [-0.05, 0) is 52.7 Å². The van der Waals surface area contributed by atoms with E-state index < -0.39 is 0 Å². The Hall–Kier alpha value is -1.39. The van der Waals surface area contributed by atoms with E-state index in [0.717, 1.165) is 12.0 Å².